The quantitative estimate of drug-likeness (QED) is 0.594. The van der Waals surface area contributed by atoms with Gasteiger partial charge in [-0.3, -0.25) is 4.79 Å². The van der Waals surface area contributed by atoms with Crippen molar-refractivity contribution in [3.05, 3.63) is 0 Å². The summed E-state index contributed by atoms with van der Waals surface area (Å²) in [6.07, 6.45) is 1.89. The van der Waals surface area contributed by atoms with Gasteiger partial charge >= 0.3 is 5.97 Å². The molecule has 5 nitrogen and oxygen atoms in total. The number of carboxylic acids is 1. The molecular weight excluding hydrogens is 244 g/mol. The lowest BCUT2D eigenvalue weighted by Crippen LogP contribution is -2.45. The Balaban J connectivity index is 4.44. The van der Waals surface area contributed by atoms with Crippen molar-refractivity contribution < 1.29 is 14.7 Å². The SMILES string of the molecule is CCC(C)[C@H](NC(=O)C[C@@H](CN)CC(C)C)C(=O)O. The molecule has 0 saturated carbocycles. The molecule has 0 aromatic rings. The van der Waals surface area contributed by atoms with Crippen molar-refractivity contribution in [2.45, 2.75) is 53.0 Å². The highest BCUT2D eigenvalue weighted by Crippen LogP contribution is 2.15. The zero-order valence-corrected chi connectivity index (χ0v) is 12.5. The van der Waals surface area contributed by atoms with Crippen LogP contribution in [-0.2, 0) is 9.59 Å². The second-order valence-electron chi connectivity index (χ2n) is 5.70. The van der Waals surface area contributed by atoms with Gasteiger partial charge in [-0.05, 0) is 30.7 Å². The van der Waals surface area contributed by atoms with Crippen LogP contribution in [0.3, 0.4) is 0 Å². The lowest BCUT2D eigenvalue weighted by molar-refractivity contribution is -0.143. The first-order valence-corrected chi connectivity index (χ1v) is 7.03. The number of hydrogen-bond donors (Lipinski definition) is 3. The van der Waals surface area contributed by atoms with Gasteiger partial charge in [0.1, 0.15) is 6.04 Å². The van der Waals surface area contributed by atoms with Crippen molar-refractivity contribution in [3.8, 4) is 0 Å². The van der Waals surface area contributed by atoms with E-state index in [-0.39, 0.29) is 17.7 Å². The predicted molar refractivity (Wildman–Crippen MR) is 75.6 cm³/mol. The molecule has 0 spiro atoms. The third-order valence-corrected chi connectivity index (χ3v) is 3.41. The number of amides is 1. The van der Waals surface area contributed by atoms with Crippen molar-refractivity contribution in [1.29, 1.82) is 0 Å². The topological polar surface area (TPSA) is 92.4 Å². The predicted octanol–water partition coefficient (Wildman–Crippen LogP) is 1.61. The van der Waals surface area contributed by atoms with E-state index in [9.17, 15) is 9.59 Å². The maximum Gasteiger partial charge on any atom is 0.326 e. The average Bonchev–Trinajstić information content (AvgIpc) is 2.33. The first kappa shape index (κ1) is 17.9. The van der Waals surface area contributed by atoms with E-state index in [4.69, 9.17) is 10.8 Å². The third kappa shape index (κ3) is 7.15. The van der Waals surface area contributed by atoms with E-state index >= 15 is 0 Å². The van der Waals surface area contributed by atoms with Crippen LogP contribution in [0.25, 0.3) is 0 Å². The first-order chi connectivity index (χ1) is 8.81. The fourth-order valence-corrected chi connectivity index (χ4v) is 2.11. The van der Waals surface area contributed by atoms with E-state index < -0.39 is 12.0 Å². The van der Waals surface area contributed by atoms with E-state index in [1.807, 2.05) is 13.8 Å². The molecule has 1 amide bonds. The molecule has 0 aromatic carbocycles. The molecule has 0 aliphatic heterocycles. The van der Waals surface area contributed by atoms with Crippen molar-refractivity contribution >= 4 is 11.9 Å². The number of rotatable bonds is 9. The van der Waals surface area contributed by atoms with Crippen LogP contribution >= 0.6 is 0 Å². The average molecular weight is 272 g/mol. The van der Waals surface area contributed by atoms with Gasteiger partial charge in [-0.1, -0.05) is 34.1 Å². The maximum absolute atomic E-state index is 11.9. The number of hydrogen-bond acceptors (Lipinski definition) is 3. The zero-order valence-electron chi connectivity index (χ0n) is 12.5. The Morgan fingerprint density at radius 1 is 1.26 bits per heavy atom. The largest absolute Gasteiger partial charge is 0.480 e. The van der Waals surface area contributed by atoms with Gasteiger partial charge in [-0.2, -0.15) is 0 Å². The highest BCUT2D eigenvalue weighted by molar-refractivity contribution is 5.83. The summed E-state index contributed by atoms with van der Waals surface area (Å²) in [4.78, 5) is 23.0. The molecule has 0 rings (SSSR count). The van der Waals surface area contributed by atoms with Crippen molar-refractivity contribution in [2.24, 2.45) is 23.5 Å². The summed E-state index contributed by atoms with van der Waals surface area (Å²) in [5.74, 6) is -0.680. The fourth-order valence-electron chi connectivity index (χ4n) is 2.11. The molecule has 0 aliphatic rings. The van der Waals surface area contributed by atoms with E-state index in [0.717, 1.165) is 6.42 Å². The van der Waals surface area contributed by atoms with Crippen molar-refractivity contribution in [1.82, 2.24) is 5.32 Å². The molecule has 0 radical (unpaired) electrons. The molecule has 0 saturated heterocycles. The first-order valence-electron chi connectivity index (χ1n) is 7.03. The molecular formula is C14H28N2O3. The molecule has 5 heteroatoms. The van der Waals surface area contributed by atoms with Gasteiger partial charge in [-0.15, -0.1) is 0 Å². The van der Waals surface area contributed by atoms with E-state index in [2.05, 4.69) is 19.2 Å². The minimum absolute atomic E-state index is 0.0807. The summed E-state index contributed by atoms with van der Waals surface area (Å²) in [5, 5.41) is 11.7. The summed E-state index contributed by atoms with van der Waals surface area (Å²) >= 11 is 0. The third-order valence-electron chi connectivity index (χ3n) is 3.41. The summed E-state index contributed by atoms with van der Waals surface area (Å²) in [6, 6.07) is -0.810. The maximum atomic E-state index is 11.9. The lowest BCUT2D eigenvalue weighted by atomic mass is 9.93. The van der Waals surface area contributed by atoms with Gasteiger partial charge in [0.15, 0.2) is 0 Å². The van der Waals surface area contributed by atoms with E-state index in [1.54, 1.807) is 0 Å². The van der Waals surface area contributed by atoms with Crippen LogP contribution in [-0.4, -0.2) is 29.6 Å². The molecule has 1 unspecified atom stereocenters. The van der Waals surface area contributed by atoms with Gasteiger partial charge in [0.05, 0.1) is 0 Å². The summed E-state index contributed by atoms with van der Waals surface area (Å²) < 4.78 is 0. The van der Waals surface area contributed by atoms with Gasteiger partial charge < -0.3 is 16.2 Å². The summed E-state index contributed by atoms with van der Waals surface area (Å²) in [5.41, 5.74) is 5.65. The molecule has 4 N–H and O–H groups in total. The molecule has 3 atom stereocenters. The van der Waals surface area contributed by atoms with Crippen LogP contribution in [0.4, 0.5) is 0 Å². The smallest absolute Gasteiger partial charge is 0.326 e. The number of nitrogens with one attached hydrogen (secondary N) is 1. The lowest BCUT2D eigenvalue weighted by Gasteiger charge is -2.22. The van der Waals surface area contributed by atoms with Gasteiger partial charge in [0, 0.05) is 6.42 Å². The molecule has 0 fully saturated rings. The summed E-state index contributed by atoms with van der Waals surface area (Å²) in [6.45, 7) is 8.36. The van der Waals surface area contributed by atoms with Gasteiger partial charge in [0.25, 0.3) is 0 Å². The fraction of sp³-hybridized carbons (Fsp3) is 0.857. The number of nitrogens with two attached hydrogens (primary N) is 1. The molecule has 0 aliphatic carbocycles. The van der Waals surface area contributed by atoms with E-state index in [0.29, 0.717) is 25.3 Å². The monoisotopic (exact) mass is 272 g/mol. The molecule has 0 aromatic heterocycles. The number of carbonyl (C=O) groups is 2. The summed E-state index contributed by atoms with van der Waals surface area (Å²) in [7, 11) is 0. The van der Waals surface area contributed by atoms with Crippen LogP contribution in [0.1, 0.15) is 47.0 Å². The normalized spacial score (nSPS) is 15.9. The van der Waals surface area contributed by atoms with Crippen LogP contribution < -0.4 is 11.1 Å². The molecule has 19 heavy (non-hydrogen) atoms. The Hall–Kier alpha value is -1.10. The Kier molecular flexibility index (Phi) is 8.39. The Morgan fingerprint density at radius 3 is 2.21 bits per heavy atom. The van der Waals surface area contributed by atoms with Crippen LogP contribution in [0, 0.1) is 17.8 Å². The zero-order chi connectivity index (χ0) is 15.0. The second-order valence-corrected chi connectivity index (χ2v) is 5.70. The highest BCUT2D eigenvalue weighted by Gasteiger charge is 2.26. The number of carbonyl (C=O) groups excluding carboxylic acids is 1. The highest BCUT2D eigenvalue weighted by atomic mass is 16.4. The van der Waals surface area contributed by atoms with Gasteiger partial charge in [0.2, 0.25) is 5.91 Å². The molecule has 0 bridgehead atoms. The van der Waals surface area contributed by atoms with Crippen LogP contribution in [0.15, 0.2) is 0 Å². The van der Waals surface area contributed by atoms with Crippen molar-refractivity contribution in [2.75, 3.05) is 6.54 Å². The minimum Gasteiger partial charge on any atom is -0.480 e. The van der Waals surface area contributed by atoms with E-state index in [1.165, 1.54) is 0 Å². The molecule has 112 valence electrons. The molecule has 0 heterocycles. The Morgan fingerprint density at radius 2 is 1.84 bits per heavy atom. The second kappa shape index (κ2) is 8.91. The Labute approximate surface area is 115 Å². The van der Waals surface area contributed by atoms with Gasteiger partial charge in [-0.25, -0.2) is 4.79 Å². The minimum atomic E-state index is -0.976. The van der Waals surface area contributed by atoms with Crippen LogP contribution in [0.5, 0.6) is 0 Å². The standard InChI is InChI=1S/C14H28N2O3/c1-5-10(4)13(14(18)19)16-12(17)7-11(8-15)6-9(2)3/h9-11,13H,5-8,15H2,1-4H3,(H,16,17)(H,18,19)/t10?,11-,13-/m0/s1. The van der Waals surface area contributed by atoms with Crippen molar-refractivity contribution in [3.63, 3.8) is 0 Å². The van der Waals surface area contributed by atoms with Crippen LogP contribution in [0.2, 0.25) is 0 Å². The number of aliphatic carboxylic acids is 1. The number of carboxylic acid groups (broad SMARTS) is 1. The Bertz CT molecular complexity index is 292.